The molecule has 304 valence electrons. The molecule has 0 unspecified atom stereocenters. The monoisotopic (exact) mass is 794 g/mol. The molecule has 0 radical (unpaired) electrons. The fourth-order valence-corrected chi connectivity index (χ4v) is 7.18. The number of ether oxygens (including phenoxy) is 5. The molecule has 0 aromatic heterocycles. The molecule has 3 aliphatic rings. The summed E-state index contributed by atoms with van der Waals surface area (Å²) in [7, 11) is 0. The van der Waals surface area contributed by atoms with Gasteiger partial charge in [0.2, 0.25) is 12.6 Å². The predicted octanol–water partition coefficient (Wildman–Crippen LogP) is 0.302. The van der Waals surface area contributed by atoms with Crippen molar-refractivity contribution in [2.45, 2.75) is 73.4 Å². The summed E-state index contributed by atoms with van der Waals surface area (Å²) in [6, 6.07) is 17.5. The van der Waals surface area contributed by atoms with Crippen LogP contribution in [-0.4, -0.2) is 136 Å². The van der Waals surface area contributed by atoms with E-state index in [0.717, 1.165) is 6.07 Å². The molecule has 0 spiro atoms. The molecule has 4 aromatic carbocycles. The standard InChI is InChI=1S/C40H42O17/c41-15-28-31(47)33(49)35(51)39(55-28)53-23-5-2-17(3-6-23)1-4-18-9-22(45)13-26-30(38(57-37(18)26)19-10-20(43)12-21(44)11-19)25-8-7-24(14-27(25)46)54-40-36(52)34(50)32(48)29(16-42)56-40/h1-14,28-36,38-52H,15-16H2/b4-1+/t28-,29-,30-,31-,32-,33+,34+,35-,36-,38+,39-,40-/m1/s1. The maximum absolute atomic E-state index is 11.4. The van der Waals surface area contributed by atoms with Gasteiger partial charge in [0.1, 0.15) is 95.2 Å². The van der Waals surface area contributed by atoms with Crippen LogP contribution in [-0.2, 0) is 9.47 Å². The van der Waals surface area contributed by atoms with Crippen LogP contribution in [0.1, 0.15) is 39.8 Å². The highest BCUT2D eigenvalue weighted by atomic mass is 16.7. The highest BCUT2D eigenvalue weighted by Crippen LogP contribution is 2.55. The molecule has 12 atom stereocenters. The fraction of sp³-hybridized carbons (Fsp3) is 0.350. The summed E-state index contributed by atoms with van der Waals surface area (Å²) in [4.78, 5) is 0. The van der Waals surface area contributed by atoms with E-state index in [-0.39, 0.29) is 40.1 Å². The number of fused-ring (bicyclic) bond motifs is 1. The molecule has 3 aliphatic heterocycles. The summed E-state index contributed by atoms with van der Waals surface area (Å²) in [6.45, 7) is -1.27. The maximum Gasteiger partial charge on any atom is 0.229 e. The first kappa shape index (κ1) is 40.0. The Balaban J connectivity index is 1.17. The van der Waals surface area contributed by atoms with Crippen molar-refractivity contribution in [1.82, 2.24) is 0 Å². The molecule has 2 saturated heterocycles. The smallest absolute Gasteiger partial charge is 0.229 e. The number of rotatable bonds is 10. The van der Waals surface area contributed by atoms with Crippen LogP contribution in [0.25, 0.3) is 12.2 Å². The van der Waals surface area contributed by atoms with Crippen LogP contribution in [0, 0.1) is 0 Å². The van der Waals surface area contributed by atoms with Crippen LogP contribution in [0.2, 0.25) is 0 Å². The van der Waals surface area contributed by atoms with E-state index in [2.05, 4.69) is 0 Å². The zero-order chi connectivity index (χ0) is 40.7. The molecule has 0 bridgehead atoms. The van der Waals surface area contributed by atoms with E-state index in [9.17, 15) is 61.3 Å². The Morgan fingerprint density at radius 1 is 0.544 bits per heavy atom. The number of benzene rings is 4. The van der Waals surface area contributed by atoms with Gasteiger partial charge in [-0.15, -0.1) is 0 Å². The van der Waals surface area contributed by atoms with Crippen LogP contribution in [0.4, 0.5) is 0 Å². The SMILES string of the molecule is OC[C@H]1O[C@@H](Oc2ccc(/C=C/c3cc(O)cc4c3O[C@@H](c3cc(O)cc(O)c3)[C@@H]4c3ccc(O[C@@H]4O[C@H](CO)[C@@H](O)[C@H](O)[C@H]4O)cc3O)cc2)[C@H](O)[C@@H](O)[C@@H]1O. The lowest BCUT2D eigenvalue weighted by atomic mass is 9.84. The highest BCUT2D eigenvalue weighted by Gasteiger charge is 2.46. The zero-order valence-corrected chi connectivity index (χ0v) is 29.8. The van der Waals surface area contributed by atoms with Gasteiger partial charge in [0.05, 0.1) is 19.1 Å². The first-order valence-electron chi connectivity index (χ1n) is 17.9. The third kappa shape index (κ3) is 8.03. The van der Waals surface area contributed by atoms with Crippen molar-refractivity contribution in [3.05, 3.63) is 101 Å². The minimum atomic E-state index is -1.69. The van der Waals surface area contributed by atoms with Gasteiger partial charge >= 0.3 is 0 Å². The van der Waals surface area contributed by atoms with Crippen LogP contribution >= 0.6 is 0 Å². The molecule has 0 saturated carbocycles. The quantitative estimate of drug-likeness (QED) is 0.0962. The molecule has 57 heavy (non-hydrogen) atoms. The Hall–Kier alpha value is -5.18. The Morgan fingerprint density at radius 3 is 1.65 bits per heavy atom. The van der Waals surface area contributed by atoms with E-state index < -0.39 is 86.6 Å². The minimum absolute atomic E-state index is 0.00425. The number of phenolic OH excluding ortho intramolecular Hbond substituents is 4. The van der Waals surface area contributed by atoms with Crippen molar-refractivity contribution in [3.63, 3.8) is 0 Å². The number of phenols is 4. The first-order chi connectivity index (χ1) is 27.3. The van der Waals surface area contributed by atoms with Gasteiger partial charge in [-0.1, -0.05) is 30.4 Å². The average Bonchev–Trinajstić information content (AvgIpc) is 3.56. The summed E-state index contributed by atoms with van der Waals surface area (Å²) in [5.41, 5.74) is 2.12. The van der Waals surface area contributed by atoms with Crippen molar-refractivity contribution in [2.75, 3.05) is 13.2 Å². The van der Waals surface area contributed by atoms with E-state index >= 15 is 0 Å². The molecule has 17 heteroatoms. The summed E-state index contributed by atoms with van der Waals surface area (Å²) < 4.78 is 28.7. The molecule has 17 nitrogen and oxygen atoms in total. The normalized spacial score (nSPS) is 31.2. The predicted molar refractivity (Wildman–Crippen MR) is 195 cm³/mol. The van der Waals surface area contributed by atoms with E-state index in [0.29, 0.717) is 28.0 Å². The van der Waals surface area contributed by atoms with E-state index in [1.807, 2.05) is 0 Å². The summed E-state index contributed by atoms with van der Waals surface area (Å²) in [5, 5.41) is 123. The van der Waals surface area contributed by atoms with Gasteiger partial charge in [0, 0.05) is 34.4 Å². The average molecular weight is 795 g/mol. The lowest BCUT2D eigenvalue weighted by Gasteiger charge is -2.39. The van der Waals surface area contributed by atoms with Crippen LogP contribution in [0.5, 0.6) is 40.2 Å². The lowest BCUT2D eigenvalue weighted by Crippen LogP contribution is -2.60. The van der Waals surface area contributed by atoms with Gasteiger partial charge in [-0.3, -0.25) is 0 Å². The third-order valence-corrected chi connectivity index (χ3v) is 10.1. The second-order valence-corrected chi connectivity index (χ2v) is 14.0. The Morgan fingerprint density at radius 2 is 1.09 bits per heavy atom. The Kier molecular flexibility index (Phi) is 11.5. The van der Waals surface area contributed by atoms with Crippen LogP contribution < -0.4 is 14.2 Å². The number of aliphatic hydroxyl groups is 8. The fourth-order valence-electron chi connectivity index (χ4n) is 7.18. The number of aliphatic hydroxyl groups excluding tert-OH is 8. The number of hydrogen-bond donors (Lipinski definition) is 12. The largest absolute Gasteiger partial charge is 0.508 e. The summed E-state index contributed by atoms with van der Waals surface area (Å²) >= 11 is 0. The molecular weight excluding hydrogens is 752 g/mol. The molecule has 3 heterocycles. The van der Waals surface area contributed by atoms with Crippen molar-refractivity contribution >= 4 is 12.2 Å². The number of hydrogen-bond acceptors (Lipinski definition) is 17. The van der Waals surface area contributed by atoms with Crippen molar-refractivity contribution in [3.8, 4) is 40.2 Å². The topological polar surface area (TPSA) is 289 Å². The van der Waals surface area contributed by atoms with Gasteiger partial charge < -0.3 is 85.0 Å². The zero-order valence-electron chi connectivity index (χ0n) is 29.8. The van der Waals surface area contributed by atoms with Crippen LogP contribution in [0.3, 0.4) is 0 Å². The van der Waals surface area contributed by atoms with Crippen LogP contribution in [0.15, 0.2) is 72.8 Å². The van der Waals surface area contributed by atoms with Gasteiger partial charge in [0.15, 0.2) is 0 Å². The van der Waals surface area contributed by atoms with E-state index in [1.54, 1.807) is 36.4 Å². The molecule has 0 aliphatic carbocycles. The summed E-state index contributed by atoms with van der Waals surface area (Å²) in [6.07, 6.45) is -12.5. The van der Waals surface area contributed by atoms with E-state index in [1.165, 1.54) is 42.5 Å². The van der Waals surface area contributed by atoms with Gasteiger partial charge in [0.25, 0.3) is 0 Å². The van der Waals surface area contributed by atoms with Gasteiger partial charge in [-0.2, -0.15) is 0 Å². The molecular formula is C40H42O17. The van der Waals surface area contributed by atoms with Gasteiger partial charge in [-0.25, -0.2) is 0 Å². The number of aromatic hydroxyl groups is 4. The molecule has 0 amide bonds. The molecule has 4 aromatic rings. The van der Waals surface area contributed by atoms with Crippen molar-refractivity contribution < 1.29 is 85.0 Å². The third-order valence-electron chi connectivity index (χ3n) is 10.1. The second-order valence-electron chi connectivity index (χ2n) is 14.0. The lowest BCUT2D eigenvalue weighted by molar-refractivity contribution is -0.277. The Bertz CT molecular complexity index is 2050. The Labute approximate surface area is 324 Å². The first-order valence-corrected chi connectivity index (χ1v) is 17.9. The van der Waals surface area contributed by atoms with Crippen molar-refractivity contribution in [2.24, 2.45) is 0 Å². The van der Waals surface area contributed by atoms with Gasteiger partial charge in [-0.05, 0) is 48.0 Å². The summed E-state index contributed by atoms with van der Waals surface area (Å²) in [5.74, 6) is -1.26. The maximum atomic E-state index is 11.4. The minimum Gasteiger partial charge on any atom is -0.508 e. The molecule has 7 rings (SSSR count). The van der Waals surface area contributed by atoms with Crippen molar-refractivity contribution in [1.29, 1.82) is 0 Å². The van der Waals surface area contributed by atoms with E-state index in [4.69, 9.17) is 23.7 Å². The molecule has 2 fully saturated rings. The molecule has 12 N–H and O–H groups in total. The highest BCUT2D eigenvalue weighted by molar-refractivity contribution is 5.76. The second kappa shape index (κ2) is 16.4.